The topological polar surface area (TPSA) is 38.8 Å². The Bertz CT molecular complexity index is 998. The fraction of sp³-hybridized carbons (Fsp3) is 0.462. The Morgan fingerprint density at radius 1 is 1.12 bits per heavy atom. The predicted molar refractivity (Wildman–Crippen MR) is 144 cm³/mol. The number of thiocarbonyl (C=S) groups is 1. The van der Waals surface area contributed by atoms with Crippen LogP contribution in [0.2, 0.25) is 10.0 Å². The van der Waals surface area contributed by atoms with Gasteiger partial charge in [0.1, 0.15) is 0 Å². The zero-order valence-electron chi connectivity index (χ0n) is 19.6. The lowest BCUT2D eigenvalue weighted by molar-refractivity contribution is 0.0780. The van der Waals surface area contributed by atoms with Crippen LogP contribution in [0.3, 0.4) is 0 Å². The van der Waals surface area contributed by atoms with E-state index in [2.05, 4.69) is 15.1 Å². The first kappa shape index (κ1) is 25.2. The van der Waals surface area contributed by atoms with Gasteiger partial charge in [-0.3, -0.25) is 4.79 Å². The van der Waals surface area contributed by atoms with Crippen LogP contribution < -0.4 is 5.32 Å². The molecule has 0 aliphatic carbocycles. The molecule has 2 heterocycles. The summed E-state index contributed by atoms with van der Waals surface area (Å²) in [7, 11) is 1.87. The van der Waals surface area contributed by atoms with Crippen molar-refractivity contribution in [2.45, 2.75) is 31.2 Å². The maximum atomic E-state index is 13.0. The molecule has 2 aliphatic heterocycles. The number of halogens is 2. The van der Waals surface area contributed by atoms with Gasteiger partial charge in [0.15, 0.2) is 5.11 Å². The number of carbonyl (C=O) groups excluding carboxylic acids is 1. The molecule has 1 atom stereocenters. The summed E-state index contributed by atoms with van der Waals surface area (Å²) in [6.45, 7) is 5.71. The molecule has 2 aliphatic rings. The van der Waals surface area contributed by atoms with E-state index in [-0.39, 0.29) is 11.8 Å². The third-order valence-corrected chi connectivity index (χ3v) is 8.08. The molecule has 8 heteroatoms. The van der Waals surface area contributed by atoms with Crippen molar-refractivity contribution in [3.05, 3.63) is 69.7 Å². The smallest absolute Gasteiger partial charge is 0.253 e. The maximum absolute atomic E-state index is 13.0. The normalized spacial score (nSPS) is 18.1. The van der Waals surface area contributed by atoms with Gasteiger partial charge in [0.2, 0.25) is 0 Å². The van der Waals surface area contributed by atoms with Crippen molar-refractivity contribution in [1.29, 1.82) is 0 Å². The van der Waals surface area contributed by atoms with E-state index in [0.29, 0.717) is 28.2 Å². The number of benzene rings is 2. The lowest BCUT2D eigenvalue weighted by atomic mass is 9.94. The molecule has 34 heavy (non-hydrogen) atoms. The molecular weight excluding hydrogens is 487 g/mol. The number of likely N-dealkylation sites (N-methyl/N-ethyl adjacent to an activating group) is 1. The van der Waals surface area contributed by atoms with Crippen LogP contribution in [0.1, 0.15) is 41.1 Å². The second kappa shape index (κ2) is 11.7. The van der Waals surface area contributed by atoms with Gasteiger partial charge in [-0.05, 0) is 67.9 Å². The fourth-order valence-corrected chi connectivity index (χ4v) is 5.62. The number of likely N-dealkylation sites (tertiary alicyclic amines) is 1. The highest BCUT2D eigenvalue weighted by Crippen LogP contribution is 2.30. The molecule has 2 fully saturated rings. The van der Waals surface area contributed by atoms with Gasteiger partial charge in [0.05, 0.1) is 10.0 Å². The Kier molecular flexibility index (Phi) is 8.70. The van der Waals surface area contributed by atoms with E-state index in [4.69, 9.17) is 35.4 Å². The van der Waals surface area contributed by atoms with Crippen molar-refractivity contribution in [3.8, 4) is 0 Å². The van der Waals surface area contributed by atoms with Gasteiger partial charge in [0, 0.05) is 57.3 Å². The van der Waals surface area contributed by atoms with Crippen molar-refractivity contribution in [1.82, 2.24) is 20.0 Å². The summed E-state index contributed by atoms with van der Waals surface area (Å²) < 4.78 is 0. The quantitative estimate of drug-likeness (QED) is 0.503. The second-order valence-corrected chi connectivity index (χ2v) is 10.4. The van der Waals surface area contributed by atoms with Crippen LogP contribution in [0.5, 0.6) is 0 Å². The van der Waals surface area contributed by atoms with Crippen LogP contribution in [0.4, 0.5) is 0 Å². The fourth-order valence-electron chi connectivity index (χ4n) is 4.97. The number of nitrogens with zero attached hydrogens (tertiary/aromatic N) is 3. The second-order valence-electron chi connectivity index (χ2n) is 9.21. The average molecular weight is 520 g/mol. The first-order chi connectivity index (χ1) is 16.4. The molecule has 4 rings (SSSR count). The number of rotatable bonds is 8. The summed E-state index contributed by atoms with van der Waals surface area (Å²) in [4.78, 5) is 19.7. The van der Waals surface area contributed by atoms with Crippen LogP contribution in [-0.2, 0) is 0 Å². The minimum absolute atomic E-state index is 0.0293. The van der Waals surface area contributed by atoms with Gasteiger partial charge in [-0.25, -0.2) is 0 Å². The van der Waals surface area contributed by atoms with Crippen LogP contribution in [0, 0.1) is 0 Å². The van der Waals surface area contributed by atoms with Crippen LogP contribution in [0.25, 0.3) is 0 Å². The molecule has 0 bridgehead atoms. The largest absolute Gasteiger partial charge is 0.361 e. The zero-order chi connectivity index (χ0) is 24.1. The minimum Gasteiger partial charge on any atom is -0.361 e. The molecule has 0 radical (unpaired) electrons. The number of hydrogen-bond donors (Lipinski definition) is 1. The summed E-state index contributed by atoms with van der Waals surface area (Å²) in [6.07, 6.45) is 3.20. The van der Waals surface area contributed by atoms with Crippen molar-refractivity contribution in [2.75, 3.05) is 46.3 Å². The van der Waals surface area contributed by atoms with Gasteiger partial charge in [-0.1, -0.05) is 47.5 Å². The average Bonchev–Trinajstić information content (AvgIpc) is 3.29. The standard InChI is InChI=1S/C26H32Cl2N4OS/c1-30(25(33)19-5-3-2-4-6-19)18-21(20-7-8-23(27)24(28)17-20)9-13-31-14-10-22(11-15-31)32-16-12-29-26(32)34/h2-8,17,21-22H,9-16,18H2,1H3,(H,29,34). The third-order valence-electron chi connectivity index (χ3n) is 6.96. The van der Waals surface area contributed by atoms with E-state index >= 15 is 0 Å². The summed E-state index contributed by atoms with van der Waals surface area (Å²) in [5.41, 5.74) is 1.82. The molecule has 1 N–H and O–H groups in total. The van der Waals surface area contributed by atoms with Crippen molar-refractivity contribution in [2.24, 2.45) is 0 Å². The lowest BCUT2D eigenvalue weighted by Gasteiger charge is -2.37. The number of nitrogens with one attached hydrogen (secondary N) is 1. The van der Waals surface area contributed by atoms with E-state index in [1.807, 2.05) is 60.5 Å². The molecule has 0 aromatic heterocycles. The Morgan fingerprint density at radius 2 is 1.85 bits per heavy atom. The summed E-state index contributed by atoms with van der Waals surface area (Å²) in [6, 6.07) is 15.8. The molecular formula is C26H32Cl2N4OS. The molecule has 1 amide bonds. The van der Waals surface area contributed by atoms with Crippen molar-refractivity contribution >= 4 is 46.4 Å². The van der Waals surface area contributed by atoms with Crippen LogP contribution >= 0.6 is 35.4 Å². The number of piperidine rings is 1. The van der Waals surface area contributed by atoms with Gasteiger partial charge >= 0.3 is 0 Å². The van der Waals surface area contributed by atoms with Gasteiger partial charge in [-0.15, -0.1) is 0 Å². The first-order valence-corrected chi connectivity index (χ1v) is 13.1. The van der Waals surface area contributed by atoms with E-state index in [1.54, 1.807) is 0 Å². The van der Waals surface area contributed by atoms with Gasteiger partial charge in [-0.2, -0.15) is 0 Å². The molecule has 2 aromatic carbocycles. The summed E-state index contributed by atoms with van der Waals surface area (Å²) in [5.74, 6) is 0.196. The highest BCUT2D eigenvalue weighted by Gasteiger charge is 2.29. The minimum atomic E-state index is 0.0293. The van der Waals surface area contributed by atoms with E-state index in [0.717, 1.165) is 62.7 Å². The number of amides is 1. The third kappa shape index (κ3) is 6.22. The first-order valence-electron chi connectivity index (χ1n) is 11.9. The molecule has 182 valence electrons. The van der Waals surface area contributed by atoms with Crippen molar-refractivity contribution < 1.29 is 4.79 Å². The highest BCUT2D eigenvalue weighted by molar-refractivity contribution is 7.80. The Morgan fingerprint density at radius 3 is 2.50 bits per heavy atom. The molecule has 0 spiro atoms. The van der Waals surface area contributed by atoms with Gasteiger partial charge in [0.25, 0.3) is 5.91 Å². The van der Waals surface area contributed by atoms with Crippen LogP contribution in [-0.4, -0.2) is 78.1 Å². The lowest BCUT2D eigenvalue weighted by Crippen LogP contribution is -2.46. The SMILES string of the molecule is CN(CC(CCN1CCC(N2CCNC2=S)CC1)c1ccc(Cl)c(Cl)c1)C(=O)c1ccccc1. The highest BCUT2D eigenvalue weighted by atomic mass is 35.5. The summed E-state index contributed by atoms with van der Waals surface area (Å²) >= 11 is 18.0. The predicted octanol–water partition coefficient (Wildman–Crippen LogP) is 4.89. The molecule has 5 nitrogen and oxygen atoms in total. The van der Waals surface area contributed by atoms with E-state index < -0.39 is 0 Å². The van der Waals surface area contributed by atoms with E-state index in [1.165, 1.54) is 0 Å². The van der Waals surface area contributed by atoms with Crippen LogP contribution in [0.15, 0.2) is 48.5 Å². The van der Waals surface area contributed by atoms with Gasteiger partial charge < -0.3 is 20.0 Å². The molecule has 2 aromatic rings. The van der Waals surface area contributed by atoms with E-state index in [9.17, 15) is 4.79 Å². The zero-order valence-corrected chi connectivity index (χ0v) is 21.9. The molecule has 2 saturated heterocycles. The Hall–Kier alpha value is -1.86. The van der Waals surface area contributed by atoms with Crippen molar-refractivity contribution in [3.63, 3.8) is 0 Å². The number of carbonyl (C=O) groups is 1. The summed E-state index contributed by atoms with van der Waals surface area (Å²) in [5, 5.41) is 5.29. The maximum Gasteiger partial charge on any atom is 0.253 e. The Balaban J connectivity index is 1.39. The monoisotopic (exact) mass is 518 g/mol. The Labute approximate surface area is 218 Å². The molecule has 0 saturated carbocycles. The molecule has 1 unspecified atom stereocenters. The number of hydrogen-bond acceptors (Lipinski definition) is 3.